The van der Waals surface area contributed by atoms with E-state index in [4.69, 9.17) is 0 Å². The van der Waals surface area contributed by atoms with Gasteiger partial charge in [-0.15, -0.1) is 0 Å². The van der Waals surface area contributed by atoms with Gasteiger partial charge in [-0.3, -0.25) is 9.69 Å². The van der Waals surface area contributed by atoms with Gasteiger partial charge < -0.3 is 10.4 Å². The minimum Gasteiger partial charge on any atom is -0.389 e. The number of carbonyl (C=O) groups excluding carboxylic acids is 1. The Balaban J connectivity index is 1.57. The van der Waals surface area contributed by atoms with Crippen molar-refractivity contribution in [3.8, 4) is 0 Å². The Morgan fingerprint density at radius 3 is 2.56 bits per heavy atom. The molecule has 1 saturated heterocycles. The molecule has 2 N–H and O–H groups in total. The summed E-state index contributed by atoms with van der Waals surface area (Å²) in [6, 6.07) is 10.7. The third kappa shape index (κ3) is 4.24. The first kappa shape index (κ1) is 18.4. The van der Waals surface area contributed by atoms with Crippen molar-refractivity contribution in [3.05, 3.63) is 35.9 Å². The molecule has 1 aromatic rings. The SMILES string of the molecule is CNC(=O)C1(C)CCCN(CC2(O)CCC(c3ccccc3)CC2)C1. The molecule has 4 nitrogen and oxygen atoms in total. The van der Waals surface area contributed by atoms with Crippen molar-refractivity contribution in [2.24, 2.45) is 5.41 Å². The van der Waals surface area contributed by atoms with Crippen LogP contribution in [0.2, 0.25) is 0 Å². The van der Waals surface area contributed by atoms with Gasteiger partial charge in [-0.2, -0.15) is 0 Å². The number of hydrogen-bond donors (Lipinski definition) is 2. The number of β-amino-alcohol motifs (C(OH)–C–C–N with tert-alkyl or cyclic N) is 1. The van der Waals surface area contributed by atoms with E-state index in [0.29, 0.717) is 12.5 Å². The molecule has 1 atom stereocenters. The van der Waals surface area contributed by atoms with Crippen molar-refractivity contribution in [2.75, 3.05) is 26.7 Å². The summed E-state index contributed by atoms with van der Waals surface area (Å²) >= 11 is 0. The largest absolute Gasteiger partial charge is 0.389 e. The summed E-state index contributed by atoms with van der Waals surface area (Å²) in [4.78, 5) is 14.5. The maximum atomic E-state index is 12.2. The van der Waals surface area contributed by atoms with E-state index in [-0.39, 0.29) is 11.3 Å². The monoisotopic (exact) mass is 344 g/mol. The van der Waals surface area contributed by atoms with Crippen LogP contribution in [-0.4, -0.2) is 48.2 Å². The first-order valence-electron chi connectivity index (χ1n) is 9.66. The third-order valence-electron chi connectivity index (χ3n) is 6.26. The van der Waals surface area contributed by atoms with Crippen LogP contribution in [0.1, 0.15) is 56.9 Å². The highest BCUT2D eigenvalue weighted by molar-refractivity contribution is 5.82. The maximum Gasteiger partial charge on any atom is 0.226 e. The fourth-order valence-corrected chi connectivity index (χ4v) is 4.75. The molecule has 3 rings (SSSR count). The Labute approximate surface area is 151 Å². The molecular formula is C21H32N2O2. The van der Waals surface area contributed by atoms with Crippen molar-refractivity contribution >= 4 is 5.91 Å². The van der Waals surface area contributed by atoms with Crippen LogP contribution in [0.5, 0.6) is 0 Å². The molecule has 0 radical (unpaired) electrons. The first-order valence-corrected chi connectivity index (χ1v) is 9.66. The van der Waals surface area contributed by atoms with Gasteiger partial charge in [0, 0.05) is 20.1 Å². The van der Waals surface area contributed by atoms with Gasteiger partial charge in [0.2, 0.25) is 5.91 Å². The molecule has 1 unspecified atom stereocenters. The smallest absolute Gasteiger partial charge is 0.226 e. The third-order valence-corrected chi connectivity index (χ3v) is 6.26. The molecule has 25 heavy (non-hydrogen) atoms. The number of amides is 1. The van der Waals surface area contributed by atoms with Gasteiger partial charge in [0.05, 0.1) is 11.0 Å². The van der Waals surface area contributed by atoms with Crippen molar-refractivity contribution in [3.63, 3.8) is 0 Å². The van der Waals surface area contributed by atoms with Crippen LogP contribution in [0.15, 0.2) is 30.3 Å². The number of hydrogen-bond acceptors (Lipinski definition) is 3. The zero-order valence-electron chi connectivity index (χ0n) is 15.6. The number of carbonyl (C=O) groups is 1. The standard InChI is InChI=1S/C21H32N2O2/c1-20(19(24)22-2)11-6-14-23(15-20)16-21(25)12-9-18(10-13-21)17-7-4-3-5-8-17/h3-5,7-8,18,25H,6,9-16H2,1-2H3,(H,22,24). The fourth-order valence-electron chi connectivity index (χ4n) is 4.75. The van der Waals surface area contributed by atoms with Crippen LogP contribution < -0.4 is 5.32 Å². The van der Waals surface area contributed by atoms with Gasteiger partial charge >= 0.3 is 0 Å². The average molecular weight is 344 g/mol. The van der Waals surface area contributed by atoms with Gasteiger partial charge in [0.25, 0.3) is 0 Å². The number of nitrogens with zero attached hydrogens (tertiary/aromatic N) is 1. The van der Waals surface area contributed by atoms with Crippen LogP contribution in [0.25, 0.3) is 0 Å². The number of rotatable bonds is 4. The zero-order chi connectivity index (χ0) is 17.9. The van der Waals surface area contributed by atoms with E-state index in [1.807, 2.05) is 6.92 Å². The van der Waals surface area contributed by atoms with E-state index in [2.05, 4.69) is 40.5 Å². The van der Waals surface area contributed by atoms with Gasteiger partial charge in [-0.1, -0.05) is 30.3 Å². The predicted octanol–water partition coefficient (Wildman–Crippen LogP) is 2.92. The van der Waals surface area contributed by atoms with Gasteiger partial charge in [0.15, 0.2) is 0 Å². The number of aliphatic hydroxyl groups is 1. The summed E-state index contributed by atoms with van der Waals surface area (Å²) in [6.45, 7) is 4.48. The zero-order valence-corrected chi connectivity index (χ0v) is 15.6. The summed E-state index contributed by atoms with van der Waals surface area (Å²) in [6.07, 6.45) is 5.73. The van der Waals surface area contributed by atoms with Crippen LogP contribution in [0.4, 0.5) is 0 Å². The molecule has 0 spiro atoms. The summed E-state index contributed by atoms with van der Waals surface area (Å²) in [5.41, 5.74) is 0.464. The Hall–Kier alpha value is -1.39. The molecule has 2 aliphatic rings. The fraction of sp³-hybridized carbons (Fsp3) is 0.667. The predicted molar refractivity (Wildman–Crippen MR) is 100 cm³/mol. The Morgan fingerprint density at radius 2 is 1.92 bits per heavy atom. The van der Waals surface area contributed by atoms with Crippen molar-refractivity contribution in [1.29, 1.82) is 0 Å². The molecule has 0 aromatic heterocycles. The van der Waals surface area contributed by atoms with Crippen molar-refractivity contribution in [2.45, 2.75) is 57.0 Å². The number of nitrogens with one attached hydrogen (secondary N) is 1. The van der Waals surface area contributed by atoms with E-state index in [9.17, 15) is 9.90 Å². The number of likely N-dealkylation sites (tertiary alicyclic amines) is 1. The molecular weight excluding hydrogens is 312 g/mol. The van der Waals surface area contributed by atoms with Crippen LogP contribution in [0, 0.1) is 5.41 Å². The van der Waals surface area contributed by atoms with Crippen LogP contribution >= 0.6 is 0 Å². The Morgan fingerprint density at radius 1 is 1.24 bits per heavy atom. The van der Waals surface area contributed by atoms with Crippen molar-refractivity contribution < 1.29 is 9.90 Å². The molecule has 1 aromatic carbocycles. The molecule has 0 bridgehead atoms. The van der Waals surface area contributed by atoms with E-state index in [1.165, 1.54) is 5.56 Å². The number of piperidine rings is 1. The van der Waals surface area contributed by atoms with Gasteiger partial charge in [-0.25, -0.2) is 0 Å². The highest BCUT2D eigenvalue weighted by Gasteiger charge is 2.41. The quantitative estimate of drug-likeness (QED) is 0.883. The Kier molecular flexibility index (Phi) is 5.49. The second-order valence-corrected chi connectivity index (χ2v) is 8.36. The maximum absolute atomic E-state index is 12.2. The molecule has 1 heterocycles. The summed E-state index contributed by atoms with van der Waals surface area (Å²) < 4.78 is 0. The number of benzene rings is 1. The second kappa shape index (κ2) is 7.46. The van der Waals surface area contributed by atoms with Gasteiger partial charge in [-0.05, 0) is 63.5 Å². The minimum absolute atomic E-state index is 0.122. The highest BCUT2D eigenvalue weighted by atomic mass is 16.3. The molecule has 1 aliphatic heterocycles. The molecule has 2 fully saturated rings. The average Bonchev–Trinajstić information content (AvgIpc) is 2.62. The van der Waals surface area contributed by atoms with E-state index in [1.54, 1.807) is 7.05 Å². The Bertz CT molecular complexity index is 581. The summed E-state index contributed by atoms with van der Waals surface area (Å²) in [5.74, 6) is 0.691. The van der Waals surface area contributed by atoms with Gasteiger partial charge in [0.1, 0.15) is 0 Å². The summed E-state index contributed by atoms with van der Waals surface area (Å²) in [7, 11) is 1.71. The van der Waals surface area contributed by atoms with E-state index in [0.717, 1.165) is 51.6 Å². The van der Waals surface area contributed by atoms with Crippen LogP contribution in [-0.2, 0) is 4.79 Å². The lowest BCUT2D eigenvalue weighted by Gasteiger charge is -2.44. The van der Waals surface area contributed by atoms with Crippen LogP contribution in [0.3, 0.4) is 0 Å². The lowest BCUT2D eigenvalue weighted by Crippen LogP contribution is -2.54. The van der Waals surface area contributed by atoms with Crippen molar-refractivity contribution in [1.82, 2.24) is 10.2 Å². The first-order chi connectivity index (χ1) is 11.9. The summed E-state index contributed by atoms with van der Waals surface area (Å²) in [5, 5.41) is 13.9. The molecule has 4 heteroatoms. The van der Waals surface area contributed by atoms with E-state index < -0.39 is 5.60 Å². The lowest BCUT2D eigenvalue weighted by molar-refractivity contribution is -0.134. The minimum atomic E-state index is -0.605. The molecule has 1 amide bonds. The highest BCUT2D eigenvalue weighted by Crippen LogP contribution is 2.39. The molecule has 1 aliphatic carbocycles. The topological polar surface area (TPSA) is 52.6 Å². The molecule has 138 valence electrons. The normalized spacial score (nSPS) is 33.8. The lowest BCUT2D eigenvalue weighted by atomic mass is 9.75. The van der Waals surface area contributed by atoms with E-state index >= 15 is 0 Å². The molecule has 1 saturated carbocycles. The second-order valence-electron chi connectivity index (χ2n) is 8.36.